The Morgan fingerprint density at radius 1 is 1.58 bits per heavy atom. The maximum atomic E-state index is 10.7. The molecule has 0 unspecified atom stereocenters. The highest BCUT2D eigenvalue weighted by Crippen LogP contribution is 2.14. The van der Waals surface area contributed by atoms with Crippen molar-refractivity contribution in [2.24, 2.45) is 0 Å². The second kappa shape index (κ2) is 3.57. The molecule has 0 aromatic heterocycles. The fourth-order valence-electron chi connectivity index (χ4n) is 0.736. The van der Waals surface area contributed by atoms with Crippen LogP contribution in [0.1, 0.15) is 0 Å². The van der Waals surface area contributed by atoms with Crippen molar-refractivity contribution in [3.63, 3.8) is 0 Å². The molecule has 0 aliphatic rings. The normalized spacial score (nSPS) is 9.00. The zero-order valence-electron chi connectivity index (χ0n) is 6.49. The number of benzene rings is 1. The van der Waals surface area contributed by atoms with Gasteiger partial charge in [-0.05, 0) is 12.1 Å². The third-order valence-electron chi connectivity index (χ3n) is 1.24. The summed E-state index contributed by atoms with van der Waals surface area (Å²) >= 11 is 0. The molecular formula is C9H9NO2. The van der Waals surface area contributed by atoms with Gasteiger partial charge in [0.25, 0.3) is 0 Å². The van der Waals surface area contributed by atoms with Crippen LogP contribution < -0.4 is 10.5 Å². The van der Waals surface area contributed by atoms with Crippen molar-refractivity contribution in [2.75, 3.05) is 5.73 Å². The molecule has 1 aromatic carbocycles. The van der Waals surface area contributed by atoms with E-state index in [1.807, 2.05) is 0 Å². The lowest BCUT2D eigenvalue weighted by Crippen LogP contribution is -2.03. The van der Waals surface area contributed by atoms with Crippen LogP contribution >= 0.6 is 0 Å². The average Bonchev–Trinajstić information content (AvgIpc) is 2.04. The molecule has 62 valence electrons. The first-order valence-corrected chi connectivity index (χ1v) is 3.42. The van der Waals surface area contributed by atoms with Gasteiger partial charge in [-0.2, -0.15) is 0 Å². The van der Waals surface area contributed by atoms with Crippen molar-refractivity contribution in [1.29, 1.82) is 0 Å². The van der Waals surface area contributed by atoms with E-state index in [1.165, 1.54) is 0 Å². The molecule has 0 aliphatic carbocycles. The fraction of sp³-hybridized carbons (Fsp3) is 0. The molecule has 3 nitrogen and oxygen atoms in total. The van der Waals surface area contributed by atoms with Crippen LogP contribution in [0.4, 0.5) is 5.69 Å². The molecule has 0 spiro atoms. The van der Waals surface area contributed by atoms with Gasteiger partial charge in [0.15, 0.2) is 0 Å². The van der Waals surface area contributed by atoms with Gasteiger partial charge in [-0.25, -0.2) is 4.79 Å². The Labute approximate surface area is 70.5 Å². The lowest BCUT2D eigenvalue weighted by Gasteiger charge is -2.00. The van der Waals surface area contributed by atoms with Crippen LogP contribution in [-0.2, 0) is 4.79 Å². The van der Waals surface area contributed by atoms with Gasteiger partial charge < -0.3 is 10.5 Å². The van der Waals surface area contributed by atoms with Crippen LogP contribution in [0, 0.1) is 0 Å². The van der Waals surface area contributed by atoms with Crippen molar-refractivity contribution in [3.05, 3.63) is 36.9 Å². The summed E-state index contributed by atoms with van der Waals surface area (Å²) in [6.45, 7) is 3.27. The van der Waals surface area contributed by atoms with Gasteiger partial charge in [-0.15, -0.1) is 0 Å². The smallest absolute Gasteiger partial charge is 0.335 e. The van der Waals surface area contributed by atoms with Crippen molar-refractivity contribution in [3.8, 4) is 5.75 Å². The Morgan fingerprint density at radius 3 is 2.92 bits per heavy atom. The quantitative estimate of drug-likeness (QED) is 0.310. The van der Waals surface area contributed by atoms with Gasteiger partial charge in [-0.1, -0.05) is 12.6 Å². The van der Waals surface area contributed by atoms with E-state index < -0.39 is 5.97 Å². The fourth-order valence-corrected chi connectivity index (χ4v) is 0.736. The van der Waals surface area contributed by atoms with E-state index in [0.29, 0.717) is 11.4 Å². The molecule has 0 heterocycles. The number of anilines is 1. The van der Waals surface area contributed by atoms with Crippen LogP contribution in [0.25, 0.3) is 0 Å². The summed E-state index contributed by atoms with van der Waals surface area (Å²) in [5.41, 5.74) is 6.02. The first kappa shape index (κ1) is 8.33. The minimum absolute atomic E-state index is 0.430. The van der Waals surface area contributed by atoms with Crippen LogP contribution in [0.5, 0.6) is 5.75 Å². The Morgan fingerprint density at radius 2 is 2.33 bits per heavy atom. The molecule has 0 aliphatic heterocycles. The number of nitrogen functional groups attached to an aromatic ring is 1. The van der Waals surface area contributed by atoms with E-state index in [4.69, 9.17) is 10.5 Å². The molecule has 1 aromatic rings. The van der Waals surface area contributed by atoms with E-state index in [1.54, 1.807) is 24.3 Å². The maximum Gasteiger partial charge on any atom is 0.335 e. The van der Waals surface area contributed by atoms with Crippen LogP contribution in [-0.4, -0.2) is 5.97 Å². The van der Waals surface area contributed by atoms with Gasteiger partial charge in [-0.3, -0.25) is 0 Å². The number of hydrogen-bond acceptors (Lipinski definition) is 3. The highest BCUT2D eigenvalue weighted by molar-refractivity contribution is 5.83. The van der Waals surface area contributed by atoms with Crippen LogP contribution in [0.15, 0.2) is 36.9 Å². The summed E-state index contributed by atoms with van der Waals surface area (Å²) in [5, 5.41) is 0. The molecule has 1 rings (SSSR count). The number of ether oxygens (including phenoxy) is 1. The molecule has 0 saturated heterocycles. The molecule has 0 radical (unpaired) electrons. The van der Waals surface area contributed by atoms with Crippen molar-refractivity contribution in [1.82, 2.24) is 0 Å². The summed E-state index contributed by atoms with van der Waals surface area (Å²) < 4.78 is 4.81. The van der Waals surface area contributed by atoms with Crippen LogP contribution in [0.3, 0.4) is 0 Å². The molecular weight excluding hydrogens is 154 g/mol. The zero-order chi connectivity index (χ0) is 8.97. The van der Waals surface area contributed by atoms with Gasteiger partial charge in [0.1, 0.15) is 5.75 Å². The molecule has 0 atom stereocenters. The summed E-state index contributed by atoms with van der Waals surface area (Å²) in [7, 11) is 0. The lowest BCUT2D eigenvalue weighted by atomic mass is 10.3. The first-order valence-electron chi connectivity index (χ1n) is 3.42. The molecule has 0 bridgehead atoms. The molecule has 0 fully saturated rings. The third kappa shape index (κ3) is 2.12. The molecule has 12 heavy (non-hydrogen) atoms. The topological polar surface area (TPSA) is 52.3 Å². The lowest BCUT2D eigenvalue weighted by molar-refractivity contribution is -0.128. The van der Waals surface area contributed by atoms with Gasteiger partial charge in [0.05, 0.1) is 0 Å². The monoisotopic (exact) mass is 163 g/mol. The minimum atomic E-state index is -0.486. The molecule has 0 amide bonds. The van der Waals surface area contributed by atoms with Gasteiger partial charge in [0, 0.05) is 17.8 Å². The number of hydrogen-bond donors (Lipinski definition) is 1. The second-order valence-corrected chi connectivity index (χ2v) is 2.20. The number of nitrogens with two attached hydrogens (primary N) is 1. The Bertz CT molecular complexity index is 307. The third-order valence-corrected chi connectivity index (χ3v) is 1.24. The van der Waals surface area contributed by atoms with E-state index in [2.05, 4.69) is 6.58 Å². The van der Waals surface area contributed by atoms with Gasteiger partial charge in [0.2, 0.25) is 0 Å². The summed E-state index contributed by atoms with van der Waals surface area (Å²) in [6.07, 6.45) is 1.10. The Kier molecular flexibility index (Phi) is 2.48. The van der Waals surface area contributed by atoms with E-state index in [-0.39, 0.29) is 0 Å². The minimum Gasteiger partial charge on any atom is -0.423 e. The predicted molar refractivity (Wildman–Crippen MR) is 46.7 cm³/mol. The largest absolute Gasteiger partial charge is 0.423 e. The van der Waals surface area contributed by atoms with Crippen molar-refractivity contribution in [2.45, 2.75) is 0 Å². The Balaban J connectivity index is 2.76. The SMILES string of the molecule is C=CC(=O)Oc1cccc(N)c1. The van der Waals surface area contributed by atoms with Crippen LogP contribution in [0.2, 0.25) is 0 Å². The zero-order valence-corrected chi connectivity index (χ0v) is 6.49. The van der Waals surface area contributed by atoms with Crippen molar-refractivity contribution < 1.29 is 9.53 Å². The number of rotatable bonds is 2. The van der Waals surface area contributed by atoms with E-state index >= 15 is 0 Å². The van der Waals surface area contributed by atoms with E-state index in [0.717, 1.165) is 6.08 Å². The molecule has 3 heteroatoms. The molecule has 0 saturated carbocycles. The predicted octanol–water partition coefficient (Wildman–Crippen LogP) is 1.36. The second-order valence-electron chi connectivity index (χ2n) is 2.20. The number of carbonyl (C=O) groups is 1. The number of esters is 1. The number of carbonyl (C=O) groups excluding carboxylic acids is 1. The summed E-state index contributed by atoms with van der Waals surface area (Å²) in [6, 6.07) is 6.64. The summed E-state index contributed by atoms with van der Waals surface area (Å²) in [5.74, 6) is -0.0551. The standard InChI is InChI=1S/C9H9NO2/c1-2-9(11)12-8-5-3-4-7(10)6-8/h2-6H,1,10H2. The Hall–Kier alpha value is -1.77. The van der Waals surface area contributed by atoms with E-state index in [9.17, 15) is 4.79 Å². The first-order chi connectivity index (χ1) is 5.72. The molecule has 2 N–H and O–H groups in total. The maximum absolute atomic E-state index is 10.7. The van der Waals surface area contributed by atoms with Crippen molar-refractivity contribution >= 4 is 11.7 Å². The average molecular weight is 163 g/mol. The highest BCUT2D eigenvalue weighted by atomic mass is 16.5. The van der Waals surface area contributed by atoms with Gasteiger partial charge >= 0.3 is 5.97 Å². The summed E-state index contributed by atoms with van der Waals surface area (Å²) in [4.78, 5) is 10.7. The highest BCUT2D eigenvalue weighted by Gasteiger charge is 1.98.